The molecule has 8 atom stereocenters. The van der Waals surface area contributed by atoms with E-state index in [2.05, 4.69) is 37.2 Å². The van der Waals surface area contributed by atoms with Crippen molar-refractivity contribution in [2.75, 3.05) is 26.2 Å². The topological polar surface area (TPSA) is 408 Å². The van der Waals surface area contributed by atoms with Crippen molar-refractivity contribution in [3.05, 3.63) is 35.9 Å². The molecule has 70 heavy (non-hydrogen) atoms. The number of carbonyl (C=O) groups is 9. The first kappa shape index (κ1) is 62.3. The third-order valence-corrected chi connectivity index (χ3v) is 11.2. The lowest BCUT2D eigenvalue weighted by Crippen LogP contribution is -2.60. The van der Waals surface area contributed by atoms with E-state index in [0.29, 0.717) is 50.6 Å². The van der Waals surface area contributed by atoms with Gasteiger partial charge in [-0.15, -0.1) is 0 Å². The summed E-state index contributed by atoms with van der Waals surface area (Å²) in [5.41, 5.74) is 29.0. The van der Waals surface area contributed by atoms with Crippen LogP contribution in [0.5, 0.6) is 0 Å². The van der Waals surface area contributed by atoms with Crippen LogP contribution < -0.4 is 65.9 Å². The fourth-order valence-corrected chi connectivity index (χ4v) is 7.28. The molecule has 8 amide bonds. The number of rotatable bonds is 37. The normalized spacial score (nSPS) is 14.7. The van der Waals surface area contributed by atoms with Crippen molar-refractivity contribution in [2.24, 2.45) is 40.5 Å². The lowest BCUT2D eigenvalue weighted by Gasteiger charge is -2.29. The highest BCUT2D eigenvalue weighted by Gasteiger charge is 2.35. The molecule has 23 heteroatoms. The van der Waals surface area contributed by atoms with Gasteiger partial charge in [-0.25, -0.2) is 4.79 Å². The number of carbonyl (C=O) groups excluding carboxylic acids is 8. The molecule has 0 saturated carbocycles. The molecule has 0 fully saturated rings. The number of hydrogen-bond donors (Lipinski definition) is 14. The summed E-state index contributed by atoms with van der Waals surface area (Å²) in [6, 6.07) is -1.51. The molecule has 0 aromatic heterocycles. The third kappa shape index (κ3) is 25.2. The van der Waals surface area contributed by atoms with Gasteiger partial charge in [0.25, 0.3) is 0 Å². The molecule has 0 radical (unpaired) electrons. The van der Waals surface area contributed by atoms with Gasteiger partial charge in [-0.3, -0.25) is 38.4 Å². The minimum atomic E-state index is -1.65. The van der Waals surface area contributed by atoms with Gasteiger partial charge in [0.05, 0.1) is 12.6 Å². The van der Waals surface area contributed by atoms with E-state index < -0.39 is 108 Å². The van der Waals surface area contributed by atoms with Crippen LogP contribution in [0.4, 0.5) is 0 Å². The van der Waals surface area contributed by atoms with Crippen LogP contribution in [0.25, 0.3) is 0 Å². The summed E-state index contributed by atoms with van der Waals surface area (Å²) in [4.78, 5) is 120. The molecule has 0 heterocycles. The van der Waals surface area contributed by atoms with Gasteiger partial charge in [0, 0.05) is 12.8 Å². The average Bonchev–Trinajstić information content (AvgIpc) is 3.30. The smallest absolute Gasteiger partial charge is 0.328 e. The Bertz CT molecular complexity index is 1810. The highest BCUT2D eigenvalue weighted by Crippen LogP contribution is 2.13. The zero-order valence-corrected chi connectivity index (χ0v) is 41.3. The number of primary amides is 1. The lowest BCUT2D eigenvalue weighted by molar-refractivity contribution is -0.143. The lowest BCUT2D eigenvalue weighted by atomic mass is 9.98. The Kier molecular flexibility index (Phi) is 30.7. The maximum absolute atomic E-state index is 14.2. The molecule has 0 aliphatic carbocycles. The third-order valence-electron chi connectivity index (χ3n) is 11.2. The van der Waals surface area contributed by atoms with Gasteiger partial charge in [-0.2, -0.15) is 0 Å². The molecule has 1 rings (SSSR count). The maximum Gasteiger partial charge on any atom is 0.328 e. The molecule has 19 N–H and O–H groups in total. The Morgan fingerprint density at radius 3 is 1.19 bits per heavy atom. The number of unbranched alkanes of at least 4 members (excludes halogenated alkanes) is 3. The van der Waals surface area contributed by atoms with Gasteiger partial charge in [-0.05, 0) is 114 Å². The average molecular weight is 991 g/mol. The molecule has 0 unspecified atom stereocenters. The van der Waals surface area contributed by atoms with Gasteiger partial charge >= 0.3 is 5.97 Å². The number of nitrogens with one attached hydrogen (secondary N) is 7. The zero-order chi connectivity index (χ0) is 52.8. The van der Waals surface area contributed by atoms with E-state index >= 15 is 0 Å². The largest absolute Gasteiger partial charge is 0.480 e. The second-order valence-electron chi connectivity index (χ2n) is 18.4. The van der Waals surface area contributed by atoms with E-state index in [1.807, 2.05) is 27.7 Å². The van der Waals surface area contributed by atoms with Gasteiger partial charge in [0.2, 0.25) is 47.3 Å². The van der Waals surface area contributed by atoms with E-state index in [1.165, 1.54) is 0 Å². The number of carboxylic acid groups (broad SMARTS) is 1. The molecule has 0 aliphatic rings. The number of hydrogen-bond acceptors (Lipinski definition) is 14. The van der Waals surface area contributed by atoms with Crippen LogP contribution >= 0.6 is 0 Å². The number of carboxylic acids is 1. The number of aliphatic carboxylic acids is 1. The van der Waals surface area contributed by atoms with Crippen molar-refractivity contribution in [1.82, 2.24) is 37.2 Å². The summed E-state index contributed by atoms with van der Waals surface area (Å²) in [5, 5.41) is 37.5. The van der Waals surface area contributed by atoms with Crippen molar-refractivity contribution in [1.29, 1.82) is 0 Å². The summed E-state index contributed by atoms with van der Waals surface area (Å²) in [5.74, 6) is -7.62. The van der Waals surface area contributed by atoms with Crippen molar-refractivity contribution < 1.29 is 53.4 Å². The zero-order valence-electron chi connectivity index (χ0n) is 41.3. The number of aliphatic hydroxyl groups is 1. The molecule has 396 valence electrons. The number of nitrogens with two attached hydrogens (primary N) is 5. The minimum Gasteiger partial charge on any atom is -0.480 e. The van der Waals surface area contributed by atoms with Crippen LogP contribution in [-0.4, -0.2) is 138 Å². The summed E-state index contributed by atoms with van der Waals surface area (Å²) < 4.78 is 0. The van der Waals surface area contributed by atoms with E-state index in [9.17, 15) is 53.4 Å². The van der Waals surface area contributed by atoms with E-state index in [0.717, 1.165) is 0 Å². The number of benzene rings is 1. The standard InChI is InChI=1S/C47H82N12O11/c1-28(2)24-35(57-45(67)36(25-29(3)4)56-42(64)32(16-8-11-21-48)53-40(62)31(51)19-20-39(52)61)44(66)55-33(17-9-12-22-49)41(63)54-34(18-10-13-23-50)43(65)58-37(26-30-14-6-5-7-15-30)46(68)59-38(27-60)47(69)70/h5-7,14-15,28-29,31-38,60H,8-13,16-27,48-51H2,1-4H3,(H2,52,61)(H,53,62)(H,54,63)(H,55,66)(H,56,64)(H,57,67)(H,58,65)(H,59,68)(H,69,70)/t31-,32-,33-,34-,35-,36-,37-,38-/m0/s1. The Morgan fingerprint density at radius 1 is 0.486 bits per heavy atom. The van der Waals surface area contributed by atoms with E-state index in [-0.39, 0.29) is 76.3 Å². The van der Waals surface area contributed by atoms with Crippen LogP contribution in [-0.2, 0) is 49.6 Å². The Hall–Kier alpha value is -5.75. The van der Waals surface area contributed by atoms with Crippen LogP contribution in [0.2, 0.25) is 0 Å². The fourth-order valence-electron chi connectivity index (χ4n) is 7.28. The van der Waals surface area contributed by atoms with E-state index in [4.69, 9.17) is 28.7 Å². The molecule has 23 nitrogen and oxygen atoms in total. The Balaban J connectivity index is 3.48. The molecule has 0 aliphatic heterocycles. The van der Waals surface area contributed by atoms with Crippen LogP contribution in [0.3, 0.4) is 0 Å². The first-order chi connectivity index (χ1) is 33.2. The summed E-state index contributed by atoms with van der Waals surface area (Å²) >= 11 is 0. The minimum absolute atomic E-state index is 0.0451. The molecule has 0 spiro atoms. The van der Waals surface area contributed by atoms with Gasteiger partial charge in [-0.1, -0.05) is 58.0 Å². The second kappa shape index (κ2) is 34.5. The summed E-state index contributed by atoms with van der Waals surface area (Å²) in [7, 11) is 0. The highest BCUT2D eigenvalue weighted by atomic mass is 16.4. The molecular weight excluding hydrogens is 909 g/mol. The van der Waals surface area contributed by atoms with Crippen molar-refractivity contribution in [3.8, 4) is 0 Å². The van der Waals surface area contributed by atoms with Crippen LogP contribution in [0.15, 0.2) is 30.3 Å². The Morgan fingerprint density at radius 2 is 0.829 bits per heavy atom. The quantitative estimate of drug-likeness (QED) is 0.0314. The molecule has 0 saturated heterocycles. The molecule has 1 aromatic rings. The summed E-state index contributed by atoms with van der Waals surface area (Å²) in [6.07, 6.45) is 3.04. The van der Waals surface area contributed by atoms with E-state index in [1.54, 1.807) is 30.3 Å². The summed E-state index contributed by atoms with van der Waals surface area (Å²) in [6.45, 7) is 7.31. The van der Waals surface area contributed by atoms with Gasteiger partial charge in [0.15, 0.2) is 0 Å². The maximum atomic E-state index is 14.2. The number of amides is 8. The predicted molar refractivity (Wildman–Crippen MR) is 262 cm³/mol. The van der Waals surface area contributed by atoms with Crippen molar-refractivity contribution >= 4 is 53.2 Å². The Labute approximate surface area is 411 Å². The van der Waals surface area contributed by atoms with Crippen molar-refractivity contribution in [3.63, 3.8) is 0 Å². The highest BCUT2D eigenvalue weighted by molar-refractivity contribution is 5.97. The van der Waals surface area contributed by atoms with Crippen molar-refractivity contribution in [2.45, 2.75) is 166 Å². The second-order valence-corrected chi connectivity index (χ2v) is 18.4. The van der Waals surface area contributed by atoms with Crippen LogP contribution in [0.1, 0.15) is 117 Å². The first-order valence-electron chi connectivity index (χ1n) is 24.3. The predicted octanol–water partition coefficient (Wildman–Crippen LogP) is -2.23. The molecular formula is C47H82N12O11. The first-order valence-corrected chi connectivity index (χ1v) is 24.3. The monoisotopic (exact) mass is 991 g/mol. The van der Waals surface area contributed by atoms with Crippen LogP contribution in [0, 0.1) is 11.8 Å². The fraction of sp³-hybridized carbons (Fsp3) is 0.681. The van der Waals surface area contributed by atoms with Gasteiger partial charge in [0.1, 0.15) is 42.3 Å². The number of aliphatic hydroxyl groups excluding tert-OH is 1. The van der Waals surface area contributed by atoms with Gasteiger partial charge < -0.3 is 76.1 Å². The SMILES string of the molecule is CC(C)C[C@H](NC(=O)[C@H](CC(C)C)NC(=O)[C@H](CCCCN)NC(=O)[C@@H](N)CCC(N)=O)C(=O)N[C@@H](CCCCN)C(=O)N[C@@H](CCCCN)C(=O)N[C@@H](Cc1ccccc1)C(=O)N[C@@H](CO)C(=O)O. The molecule has 0 bridgehead atoms. The molecule has 1 aromatic carbocycles.